The highest BCUT2D eigenvalue weighted by Crippen LogP contribution is 2.29. The molecule has 1 aliphatic rings. The van der Waals surface area contributed by atoms with E-state index in [2.05, 4.69) is 19.2 Å². The number of carbonyl (C=O) groups is 1. The van der Waals surface area contributed by atoms with Crippen LogP contribution in [-0.4, -0.2) is 35.4 Å². The number of rotatable bonds is 6. The van der Waals surface area contributed by atoms with Crippen LogP contribution in [0.4, 0.5) is 4.39 Å². The van der Waals surface area contributed by atoms with Crippen molar-refractivity contribution in [2.24, 2.45) is 5.92 Å². The Labute approximate surface area is 130 Å². The minimum absolute atomic E-state index is 0.0889. The summed E-state index contributed by atoms with van der Waals surface area (Å²) in [5, 5.41) is 3.32. The molecule has 0 aliphatic carbocycles. The third kappa shape index (κ3) is 3.77. The van der Waals surface area contributed by atoms with Gasteiger partial charge in [-0.2, -0.15) is 11.8 Å². The van der Waals surface area contributed by atoms with Gasteiger partial charge in [0.15, 0.2) is 0 Å². The summed E-state index contributed by atoms with van der Waals surface area (Å²) in [5.41, 5.74) is 0.554. The molecule has 1 saturated heterocycles. The van der Waals surface area contributed by atoms with Crippen LogP contribution >= 0.6 is 11.8 Å². The summed E-state index contributed by atoms with van der Waals surface area (Å²) in [6.07, 6.45) is 2.44. The number of carbonyl (C=O) groups excluding carboxylic acids is 1. The van der Waals surface area contributed by atoms with Crippen LogP contribution in [0.5, 0.6) is 0 Å². The lowest BCUT2D eigenvalue weighted by atomic mass is 10.0. The summed E-state index contributed by atoms with van der Waals surface area (Å²) in [7, 11) is 0. The minimum Gasteiger partial charge on any atom is -0.321 e. The van der Waals surface area contributed by atoms with Crippen LogP contribution in [0.2, 0.25) is 0 Å². The number of halogens is 1. The van der Waals surface area contributed by atoms with E-state index >= 15 is 0 Å². The molecule has 2 atom stereocenters. The normalized spacial score (nSPS) is 22.3. The molecule has 0 saturated carbocycles. The molecule has 1 amide bonds. The van der Waals surface area contributed by atoms with E-state index in [4.69, 9.17) is 0 Å². The Hall–Kier alpha value is -1.07. The zero-order valence-electron chi connectivity index (χ0n) is 12.8. The fraction of sp³-hybridized carbons (Fsp3) is 0.562. The van der Waals surface area contributed by atoms with Crippen molar-refractivity contribution in [1.82, 2.24) is 10.2 Å². The van der Waals surface area contributed by atoms with Crippen molar-refractivity contribution in [2.75, 3.05) is 18.6 Å². The van der Waals surface area contributed by atoms with Crippen molar-refractivity contribution >= 4 is 17.7 Å². The van der Waals surface area contributed by atoms with Crippen molar-refractivity contribution in [1.29, 1.82) is 0 Å². The third-order valence-electron chi connectivity index (χ3n) is 3.70. The molecule has 1 aromatic carbocycles. The van der Waals surface area contributed by atoms with Crippen molar-refractivity contribution in [3.8, 4) is 0 Å². The zero-order valence-corrected chi connectivity index (χ0v) is 13.6. The predicted molar refractivity (Wildman–Crippen MR) is 85.6 cm³/mol. The van der Waals surface area contributed by atoms with Crippen LogP contribution in [0.1, 0.15) is 32.0 Å². The molecule has 2 unspecified atom stereocenters. The van der Waals surface area contributed by atoms with Gasteiger partial charge >= 0.3 is 0 Å². The van der Waals surface area contributed by atoms with E-state index in [1.165, 1.54) is 6.07 Å². The second-order valence-corrected chi connectivity index (χ2v) is 6.78. The maximum absolute atomic E-state index is 14.1. The van der Waals surface area contributed by atoms with Crippen molar-refractivity contribution in [3.05, 3.63) is 35.6 Å². The fourth-order valence-corrected chi connectivity index (χ4v) is 3.08. The number of thioether (sulfide) groups is 1. The summed E-state index contributed by atoms with van der Waals surface area (Å²) >= 11 is 1.69. The number of benzene rings is 1. The molecule has 0 spiro atoms. The monoisotopic (exact) mass is 310 g/mol. The molecule has 0 radical (unpaired) electrons. The summed E-state index contributed by atoms with van der Waals surface area (Å²) in [6.45, 7) is 4.83. The first-order valence-corrected chi connectivity index (χ1v) is 8.74. The van der Waals surface area contributed by atoms with Gasteiger partial charge in [-0.1, -0.05) is 32.0 Å². The molecule has 1 aliphatic heterocycles. The van der Waals surface area contributed by atoms with E-state index in [-0.39, 0.29) is 23.9 Å². The van der Waals surface area contributed by atoms with Gasteiger partial charge in [0.25, 0.3) is 0 Å². The summed E-state index contributed by atoms with van der Waals surface area (Å²) in [5.74, 6) is 1.11. The number of amides is 1. The average Bonchev–Trinajstić information content (AvgIpc) is 2.73. The topological polar surface area (TPSA) is 32.3 Å². The molecule has 1 N–H and O–H groups in total. The van der Waals surface area contributed by atoms with Crippen LogP contribution in [-0.2, 0) is 4.79 Å². The predicted octanol–water partition coefficient (Wildman–Crippen LogP) is 3.03. The second kappa shape index (κ2) is 7.27. The molecule has 3 nitrogen and oxygen atoms in total. The Morgan fingerprint density at radius 1 is 1.38 bits per heavy atom. The Bertz CT molecular complexity index is 495. The van der Waals surface area contributed by atoms with Gasteiger partial charge in [-0.3, -0.25) is 10.1 Å². The van der Waals surface area contributed by atoms with E-state index < -0.39 is 0 Å². The van der Waals surface area contributed by atoms with Gasteiger partial charge in [-0.25, -0.2) is 4.39 Å². The van der Waals surface area contributed by atoms with Crippen LogP contribution in [0, 0.1) is 11.7 Å². The molecule has 1 heterocycles. The minimum atomic E-state index is -0.352. The second-order valence-electron chi connectivity index (χ2n) is 5.80. The molecule has 5 heteroatoms. The van der Waals surface area contributed by atoms with Crippen molar-refractivity contribution in [3.63, 3.8) is 0 Å². The summed E-state index contributed by atoms with van der Waals surface area (Å²) < 4.78 is 14.1. The van der Waals surface area contributed by atoms with E-state index in [1.54, 1.807) is 28.8 Å². The summed E-state index contributed by atoms with van der Waals surface area (Å²) in [6, 6.07) is 6.48. The van der Waals surface area contributed by atoms with Gasteiger partial charge in [0.05, 0.1) is 6.04 Å². The standard InChI is InChI=1S/C16H23FN2OS/c1-11(2)10-14-16(20)19(8-9-21-3)15(18-14)12-6-4-5-7-13(12)17/h4-7,11,14-15,18H,8-10H2,1-3H3. The Morgan fingerprint density at radius 3 is 2.71 bits per heavy atom. The highest BCUT2D eigenvalue weighted by molar-refractivity contribution is 7.98. The smallest absolute Gasteiger partial charge is 0.241 e. The molecular formula is C16H23FN2OS. The number of hydrogen-bond donors (Lipinski definition) is 1. The molecule has 21 heavy (non-hydrogen) atoms. The van der Waals surface area contributed by atoms with E-state index in [9.17, 15) is 9.18 Å². The molecule has 1 aromatic rings. The van der Waals surface area contributed by atoms with Gasteiger partial charge in [0.1, 0.15) is 12.0 Å². The number of nitrogens with one attached hydrogen (secondary N) is 1. The Morgan fingerprint density at radius 2 is 2.10 bits per heavy atom. The average molecular weight is 310 g/mol. The maximum atomic E-state index is 14.1. The lowest BCUT2D eigenvalue weighted by Crippen LogP contribution is -2.33. The molecule has 2 rings (SSSR count). The van der Waals surface area contributed by atoms with Crippen LogP contribution in [0.25, 0.3) is 0 Å². The fourth-order valence-electron chi connectivity index (χ4n) is 2.70. The number of nitrogens with zero attached hydrogens (tertiary/aromatic N) is 1. The first-order valence-electron chi connectivity index (χ1n) is 7.34. The largest absolute Gasteiger partial charge is 0.321 e. The molecule has 1 fully saturated rings. The molecular weight excluding hydrogens is 287 g/mol. The SMILES string of the molecule is CSCCN1C(=O)C(CC(C)C)NC1c1ccccc1F. The van der Waals surface area contributed by atoms with E-state index in [0.717, 1.165) is 12.2 Å². The van der Waals surface area contributed by atoms with Gasteiger partial charge in [-0.05, 0) is 24.7 Å². The van der Waals surface area contributed by atoms with E-state index in [0.29, 0.717) is 18.0 Å². The quantitative estimate of drug-likeness (QED) is 0.876. The van der Waals surface area contributed by atoms with E-state index in [1.807, 2.05) is 12.3 Å². The lowest BCUT2D eigenvalue weighted by molar-refractivity contribution is -0.130. The highest BCUT2D eigenvalue weighted by atomic mass is 32.2. The first-order chi connectivity index (χ1) is 10.0. The zero-order chi connectivity index (χ0) is 15.4. The molecule has 116 valence electrons. The van der Waals surface area contributed by atoms with Crippen LogP contribution in [0.15, 0.2) is 24.3 Å². The van der Waals surface area contributed by atoms with Gasteiger partial charge in [-0.15, -0.1) is 0 Å². The third-order valence-corrected chi connectivity index (χ3v) is 4.29. The summed E-state index contributed by atoms with van der Waals surface area (Å²) in [4.78, 5) is 14.4. The Kier molecular flexibility index (Phi) is 5.65. The molecule has 0 bridgehead atoms. The van der Waals surface area contributed by atoms with Gasteiger partial charge in [0.2, 0.25) is 5.91 Å². The van der Waals surface area contributed by atoms with Gasteiger partial charge < -0.3 is 4.90 Å². The molecule has 0 aromatic heterocycles. The van der Waals surface area contributed by atoms with Crippen molar-refractivity contribution < 1.29 is 9.18 Å². The van der Waals surface area contributed by atoms with Crippen LogP contribution in [0.3, 0.4) is 0 Å². The van der Waals surface area contributed by atoms with Crippen LogP contribution < -0.4 is 5.32 Å². The maximum Gasteiger partial charge on any atom is 0.241 e. The lowest BCUT2D eigenvalue weighted by Gasteiger charge is -2.24. The van der Waals surface area contributed by atoms with Crippen molar-refractivity contribution in [2.45, 2.75) is 32.5 Å². The Balaban J connectivity index is 2.24. The van der Waals surface area contributed by atoms with Gasteiger partial charge in [0, 0.05) is 17.9 Å². The number of hydrogen-bond acceptors (Lipinski definition) is 3. The first kappa shape index (κ1) is 16.3. The highest BCUT2D eigenvalue weighted by Gasteiger charge is 2.40.